The van der Waals surface area contributed by atoms with Crippen molar-refractivity contribution >= 4 is 11.9 Å². The second kappa shape index (κ2) is 3.84. The second-order valence-corrected chi connectivity index (χ2v) is 1.65. The van der Waals surface area contributed by atoms with Crippen LogP contribution >= 0.6 is 0 Å². The molecular weight excluding hydrogens is 138 g/mol. The molecule has 1 amide bonds. The molecule has 0 aromatic carbocycles. The van der Waals surface area contributed by atoms with Crippen molar-refractivity contribution in [1.82, 2.24) is 5.32 Å². The number of methoxy groups -OCH3 is 1. The fraction of sp³-hybridized carbons (Fsp3) is 0.600. The zero-order valence-electron chi connectivity index (χ0n) is 5.75. The Morgan fingerprint density at radius 1 is 1.60 bits per heavy atom. The van der Waals surface area contributed by atoms with Crippen molar-refractivity contribution in [3.63, 3.8) is 0 Å². The van der Waals surface area contributed by atoms with E-state index >= 15 is 0 Å². The topological polar surface area (TPSA) is 75.6 Å². The molecule has 5 nitrogen and oxygen atoms in total. The number of Topliss-reactive ketones (excluding diaryl/α,β-unsaturated/α-hetero) is 1. The van der Waals surface area contributed by atoms with Crippen molar-refractivity contribution in [3.05, 3.63) is 0 Å². The van der Waals surface area contributed by atoms with Gasteiger partial charge in [-0.2, -0.15) is 0 Å². The summed E-state index contributed by atoms with van der Waals surface area (Å²) < 4.78 is 4.11. The Balaban J connectivity index is 3.68. The predicted octanol–water partition coefficient (Wildman–Crippen LogP) is -0.750. The number of aliphatic hydroxyl groups excluding tert-OH is 1. The molecule has 0 aliphatic heterocycles. The largest absolute Gasteiger partial charge is 0.453 e. The lowest BCUT2D eigenvalue weighted by atomic mass is 10.4. The minimum absolute atomic E-state index is 0.537. The lowest BCUT2D eigenvalue weighted by molar-refractivity contribution is -0.126. The summed E-state index contributed by atoms with van der Waals surface area (Å²) in [6.07, 6.45) is -2.30. The molecule has 0 fully saturated rings. The summed E-state index contributed by atoms with van der Waals surface area (Å²) in [5.74, 6) is -0.537. The number of hydrogen-bond donors (Lipinski definition) is 2. The monoisotopic (exact) mass is 147 g/mol. The van der Waals surface area contributed by atoms with E-state index in [0.29, 0.717) is 0 Å². The van der Waals surface area contributed by atoms with Crippen LogP contribution in [0.25, 0.3) is 0 Å². The molecule has 0 bridgehead atoms. The van der Waals surface area contributed by atoms with Crippen LogP contribution in [-0.4, -0.2) is 30.3 Å². The van der Waals surface area contributed by atoms with Gasteiger partial charge in [-0.3, -0.25) is 10.1 Å². The number of hydrogen-bond acceptors (Lipinski definition) is 4. The molecule has 1 atom stereocenters. The third-order valence-corrected chi connectivity index (χ3v) is 0.825. The van der Waals surface area contributed by atoms with Gasteiger partial charge in [-0.15, -0.1) is 0 Å². The van der Waals surface area contributed by atoms with E-state index in [-0.39, 0.29) is 0 Å². The summed E-state index contributed by atoms with van der Waals surface area (Å²) in [7, 11) is 1.14. The second-order valence-electron chi connectivity index (χ2n) is 1.65. The highest BCUT2D eigenvalue weighted by atomic mass is 16.5. The predicted molar refractivity (Wildman–Crippen MR) is 32.2 cm³/mol. The van der Waals surface area contributed by atoms with Gasteiger partial charge in [0.2, 0.25) is 0 Å². The maximum absolute atomic E-state index is 10.3. The lowest BCUT2D eigenvalue weighted by Crippen LogP contribution is -2.39. The first-order valence-electron chi connectivity index (χ1n) is 2.61. The van der Waals surface area contributed by atoms with Crippen LogP contribution in [0.15, 0.2) is 0 Å². The summed E-state index contributed by atoms with van der Waals surface area (Å²) in [6, 6.07) is 0. The van der Waals surface area contributed by atoms with Gasteiger partial charge in [0, 0.05) is 0 Å². The van der Waals surface area contributed by atoms with Crippen LogP contribution in [0.5, 0.6) is 0 Å². The van der Waals surface area contributed by atoms with Crippen molar-refractivity contribution in [2.75, 3.05) is 7.11 Å². The molecule has 0 radical (unpaired) electrons. The smallest absolute Gasteiger partial charge is 0.409 e. The molecule has 58 valence electrons. The van der Waals surface area contributed by atoms with Crippen LogP contribution < -0.4 is 5.32 Å². The molecule has 0 heterocycles. The van der Waals surface area contributed by atoms with Crippen LogP contribution in [-0.2, 0) is 9.53 Å². The molecule has 0 unspecified atom stereocenters. The summed E-state index contributed by atoms with van der Waals surface area (Å²) in [5.41, 5.74) is 0. The first kappa shape index (κ1) is 8.90. The number of carbonyl (C=O) groups excluding carboxylic acids is 2. The SMILES string of the molecule is COC(=O)N[C@@H](O)C(C)=O. The van der Waals surface area contributed by atoms with Gasteiger partial charge in [-0.25, -0.2) is 4.79 Å². The maximum atomic E-state index is 10.3. The highest BCUT2D eigenvalue weighted by molar-refractivity contribution is 5.83. The van der Waals surface area contributed by atoms with Crippen molar-refractivity contribution in [3.8, 4) is 0 Å². The summed E-state index contributed by atoms with van der Waals surface area (Å²) in [4.78, 5) is 20.6. The van der Waals surface area contributed by atoms with E-state index in [1.54, 1.807) is 0 Å². The van der Waals surface area contributed by atoms with Gasteiger partial charge in [0.25, 0.3) is 0 Å². The normalized spacial score (nSPS) is 11.9. The Kier molecular flexibility index (Phi) is 3.42. The molecule has 0 aliphatic rings. The van der Waals surface area contributed by atoms with E-state index in [1.165, 1.54) is 0 Å². The minimum atomic E-state index is -1.47. The van der Waals surface area contributed by atoms with Crippen LogP contribution in [0.1, 0.15) is 6.92 Å². The van der Waals surface area contributed by atoms with Crippen LogP contribution in [0.4, 0.5) is 4.79 Å². The first-order chi connectivity index (χ1) is 4.57. The van der Waals surface area contributed by atoms with Gasteiger partial charge in [-0.05, 0) is 6.92 Å². The van der Waals surface area contributed by atoms with E-state index in [4.69, 9.17) is 5.11 Å². The Labute approximate surface area is 58.0 Å². The molecule has 2 N–H and O–H groups in total. The number of carbonyl (C=O) groups is 2. The summed E-state index contributed by atoms with van der Waals surface area (Å²) in [6.45, 7) is 1.15. The van der Waals surface area contributed by atoms with E-state index in [9.17, 15) is 9.59 Å². The fourth-order valence-corrected chi connectivity index (χ4v) is 0.272. The zero-order chi connectivity index (χ0) is 8.15. The van der Waals surface area contributed by atoms with Gasteiger partial charge in [0.1, 0.15) is 0 Å². The summed E-state index contributed by atoms with van der Waals surface area (Å²) in [5, 5.41) is 10.5. The van der Waals surface area contributed by atoms with E-state index in [1.807, 2.05) is 5.32 Å². The van der Waals surface area contributed by atoms with Crippen molar-refractivity contribution < 1.29 is 19.4 Å². The Morgan fingerprint density at radius 2 is 2.10 bits per heavy atom. The lowest BCUT2D eigenvalue weighted by Gasteiger charge is -2.06. The Hall–Kier alpha value is -1.10. The van der Waals surface area contributed by atoms with Crippen LogP contribution in [0, 0.1) is 0 Å². The molecule has 5 heteroatoms. The van der Waals surface area contributed by atoms with Gasteiger partial charge in [0.05, 0.1) is 7.11 Å². The van der Waals surface area contributed by atoms with Gasteiger partial charge >= 0.3 is 6.09 Å². The molecule has 0 saturated heterocycles. The van der Waals surface area contributed by atoms with E-state index < -0.39 is 18.1 Å². The van der Waals surface area contributed by atoms with Crippen molar-refractivity contribution in [2.24, 2.45) is 0 Å². The highest BCUT2D eigenvalue weighted by Gasteiger charge is 2.11. The van der Waals surface area contributed by atoms with Gasteiger partial charge in [-0.1, -0.05) is 0 Å². The average molecular weight is 147 g/mol. The average Bonchev–Trinajstić information content (AvgIpc) is 1.87. The molecule has 0 spiro atoms. The van der Waals surface area contributed by atoms with E-state index in [0.717, 1.165) is 14.0 Å². The molecule has 10 heavy (non-hydrogen) atoms. The standard InChI is InChI=1S/C5H9NO4/c1-3(7)4(8)6-5(9)10-2/h4,8H,1-2H3,(H,6,9)/t4-/m0/s1. The number of nitrogens with one attached hydrogen (secondary N) is 1. The molecule has 0 aromatic rings. The minimum Gasteiger partial charge on any atom is -0.453 e. The number of rotatable bonds is 2. The Bertz CT molecular complexity index is 145. The number of alkyl carbamates (subject to hydrolysis) is 1. The maximum Gasteiger partial charge on any atom is 0.409 e. The van der Waals surface area contributed by atoms with E-state index in [2.05, 4.69) is 4.74 Å². The molecule has 0 rings (SSSR count). The number of aliphatic hydroxyl groups is 1. The number of amides is 1. The Morgan fingerprint density at radius 3 is 2.40 bits per heavy atom. The van der Waals surface area contributed by atoms with Crippen molar-refractivity contribution in [2.45, 2.75) is 13.2 Å². The zero-order valence-corrected chi connectivity index (χ0v) is 5.75. The fourth-order valence-electron chi connectivity index (χ4n) is 0.272. The van der Waals surface area contributed by atoms with Crippen molar-refractivity contribution in [1.29, 1.82) is 0 Å². The number of ether oxygens (including phenoxy) is 1. The molecule has 0 saturated carbocycles. The van der Waals surface area contributed by atoms with Gasteiger partial charge < -0.3 is 9.84 Å². The molecule has 0 aromatic heterocycles. The van der Waals surface area contributed by atoms with Crippen LogP contribution in [0.3, 0.4) is 0 Å². The summed E-state index contributed by atoms with van der Waals surface area (Å²) >= 11 is 0. The third kappa shape index (κ3) is 3.03. The highest BCUT2D eigenvalue weighted by Crippen LogP contribution is 1.80. The molecular formula is C5H9NO4. The molecule has 0 aliphatic carbocycles. The first-order valence-corrected chi connectivity index (χ1v) is 2.61. The quantitative estimate of drug-likeness (QED) is 0.504. The van der Waals surface area contributed by atoms with Gasteiger partial charge in [0.15, 0.2) is 12.0 Å². The third-order valence-electron chi connectivity index (χ3n) is 0.825. The van der Waals surface area contributed by atoms with Crippen LogP contribution in [0.2, 0.25) is 0 Å². The number of ketones is 1.